The molecule has 0 aromatic rings. The first-order valence-corrected chi connectivity index (χ1v) is 2.35. The second kappa shape index (κ2) is 4.59. The lowest BCUT2D eigenvalue weighted by atomic mass is 11.0. The van der Waals surface area contributed by atoms with Gasteiger partial charge in [0.2, 0.25) is 0 Å². The molecule has 0 aromatic heterocycles. The maximum atomic E-state index is 11.1. The third-order valence-electron chi connectivity index (χ3n) is 0.451. The van der Waals surface area contributed by atoms with Crippen LogP contribution in [0, 0.1) is 0 Å². The Morgan fingerprint density at radius 2 is 2.50 bits per heavy atom. The maximum Gasteiger partial charge on any atom is 0.195 e. The highest BCUT2D eigenvalue weighted by Gasteiger charge is 1.78. The average Bonchev–Trinajstić information content (AvgIpc) is 1.83. The molecule has 46 valence electrons. The van der Waals surface area contributed by atoms with Gasteiger partial charge in [-0.1, -0.05) is 0 Å². The second-order valence-corrected chi connectivity index (χ2v) is 1.30. The fraction of sp³-hybridized carbons (Fsp3) is 0.250. The number of nitrogens with zero attached hydrogens (tertiary/aromatic N) is 1. The highest BCUT2D eigenvalue weighted by atomic mass is 35.5. The summed E-state index contributed by atoms with van der Waals surface area (Å²) < 4.78 is 11.1. The maximum absolute atomic E-state index is 11.1. The molecule has 0 heterocycles. The lowest BCUT2D eigenvalue weighted by molar-refractivity contribution is 0.718. The van der Waals surface area contributed by atoms with E-state index >= 15 is 0 Å². The zero-order valence-corrected chi connectivity index (χ0v) is 5.11. The molecule has 2 nitrogen and oxygen atoms in total. The van der Waals surface area contributed by atoms with Crippen LogP contribution in [-0.4, -0.2) is 12.3 Å². The molecule has 0 unspecified atom stereocenters. The molecular formula is C4H6ClFN2. The van der Waals surface area contributed by atoms with Crippen molar-refractivity contribution in [1.29, 1.82) is 0 Å². The van der Waals surface area contributed by atoms with Gasteiger partial charge in [-0.25, -0.2) is 9.38 Å². The van der Waals surface area contributed by atoms with Crippen molar-refractivity contribution < 1.29 is 4.39 Å². The second-order valence-electron chi connectivity index (χ2n) is 0.945. The molecule has 0 spiro atoms. The normalized spacial score (nSPS) is 12.6. The number of amidine groups is 1. The van der Waals surface area contributed by atoms with Gasteiger partial charge in [0.15, 0.2) is 5.29 Å². The van der Waals surface area contributed by atoms with Crippen molar-refractivity contribution in [3.05, 3.63) is 12.5 Å². The summed E-state index contributed by atoms with van der Waals surface area (Å²) in [5.41, 5.74) is 0. The van der Waals surface area contributed by atoms with Crippen LogP contribution in [0.4, 0.5) is 4.39 Å². The minimum atomic E-state index is 0.166. The summed E-state index contributed by atoms with van der Waals surface area (Å²) in [6.45, 7) is 0. The van der Waals surface area contributed by atoms with Gasteiger partial charge in [0.1, 0.15) is 6.33 Å². The Morgan fingerprint density at radius 1 is 1.88 bits per heavy atom. The number of halogens is 2. The van der Waals surface area contributed by atoms with Crippen LogP contribution in [0.1, 0.15) is 0 Å². The van der Waals surface area contributed by atoms with Gasteiger partial charge in [0.25, 0.3) is 0 Å². The lowest BCUT2D eigenvalue weighted by Crippen LogP contribution is -2.09. The molecule has 0 fully saturated rings. The van der Waals surface area contributed by atoms with Crippen molar-refractivity contribution in [2.45, 2.75) is 0 Å². The van der Waals surface area contributed by atoms with Crippen LogP contribution >= 0.6 is 11.6 Å². The zero-order chi connectivity index (χ0) is 6.41. The first-order valence-electron chi connectivity index (χ1n) is 1.97. The van der Waals surface area contributed by atoms with Crippen molar-refractivity contribution in [2.75, 3.05) is 7.05 Å². The van der Waals surface area contributed by atoms with Gasteiger partial charge in [-0.3, -0.25) is 0 Å². The zero-order valence-electron chi connectivity index (χ0n) is 4.36. The minimum Gasteiger partial charge on any atom is -0.363 e. The fourth-order valence-corrected chi connectivity index (χ4v) is 0.215. The first-order chi connectivity index (χ1) is 3.81. The van der Waals surface area contributed by atoms with Gasteiger partial charge in [-0.05, 0) is 11.6 Å². The molecule has 4 heteroatoms. The number of hydrogen-bond acceptors (Lipinski definition) is 1. The molecule has 0 aliphatic carbocycles. The molecule has 0 saturated carbocycles. The highest BCUT2D eigenvalue weighted by Crippen LogP contribution is 1.81. The van der Waals surface area contributed by atoms with E-state index < -0.39 is 0 Å². The number of nitrogens with one attached hydrogen (secondary N) is 1. The van der Waals surface area contributed by atoms with Gasteiger partial charge in [-0.2, -0.15) is 0 Å². The first kappa shape index (κ1) is 7.43. The molecule has 0 aliphatic heterocycles. The van der Waals surface area contributed by atoms with Gasteiger partial charge in [0, 0.05) is 7.05 Å². The Kier molecular flexibility index (Phi) is 4.26. The van der Waals surface area contributed by atoms with E-state index in [1.165, 1.54) is 0 Å². The number of aliphatic imine (C=N–C) groups is 1. The Labute approximate surface area is 52.1 Å². The van der Waals surface area contributed by atoms with Gasteiger partial charge in [0.05, 0.1) is 6.20 Å². The van der Waals surface area contributed by atoms with E-state index in [9.17, 15) is 4.39 Å². The van der Waals surface area contributed by atoms with Crippen LogP contribution < -0.4 is 5.32 Å². The van der Waals surface area contributed by atoms with E-state index in [2.05, 4.69) is 10.3 Å². The quantitative estimate of drug-likeness (QED) is 0.327. The van der Waals surface area contributed by atoms with Crippen molar-refractivity contribution in [3.63, 3.8) is 0 Å². The molecule has 1 N–H and O–H groups in total. The summed E-state index contributed by atoms with van der Waals surface area (Å²) in [4.78, 5) is 3.38. The molecule has 0 radical (unpaired) electrons. The van der Waals surface area contributed by atoms with Crippen molar-refractivity contribution >= 4 is 16.9 Å². The van der Waals surface area contributed by atoms with Crippen LogP contribution in [0.2, 0.25) is 0 Å². The van der Waals surface area contributed by atoms with E-state index in [4.69, 9.17) is 11.6 Å². The molecular weight excluding hydrogens is 131 g/mol. The van der Waals surface area contributed by atoms with Crippen LogP contribution in [0.25, 0.3) is 0 Å². The SMILES string of the molecule is CN/C(Cl)=N\C=C/F. The third kappa shape index (κ3) is 3.61. The van der Waals surface area contributed by atoms with Crippen LogP contribution in [-0.2, 0) is 0 Å². The summed E-state index contributed by atoms with van der Waals surface area (Å²) in [5, 5.41) is 2.66. The highest BCUT2D eigenvalue weighted by molar-refractivity contribution is 6.64. The topological polar surface area (TPSA) is 24.4 Å². The summed E-state index contributed by atoms with van der Waals surface area (Å²) in [7, 11) is 1.60. The molecule has 0 aromatic carbocycles. The Morgan fingerprint density at radius 3 is 2.88 bits per heavy atom. The van der Waals surface area contributed by atoms with Crippen LogP contribution in [0.15, 0.2) is 17.5 Å². The number of rotatable bonds is 1. The smallest absolute Gasteiger partial charge is 0.195 e. The molecule has 8 heavy (non-hydrogen) atoms. The van der Waals surface area contributed by atoms with Crippen LogP contribution in [0.3, 0.4) is 0 Å². The molecule has 0 rings (SSSR count). The van der Waals surface area contributed by atoms with Gasteiger partial charge in [-0.15, -0.1) is 0 Å². The predicted octanol–water partition coefficient (Wildman–Crippen LogP) is 1.24. The van der Waals surface area contributed by atoms with E-state index in [1.54, 1.807) is 7.05 Å². The molecule has 0 atom stereocenters. The Hall–Kier alpha value is -0.570. The van der Waals surface area contributed by atoms with Crippen molar-refractivity contribution in [3.8, 4) is 0 Å². The largest absolute Gasteiger partial charge is 0.363 e. The van der Waals surface area contributed by atoms with Crippen LogP contribution in [0.5, 0.6) is 0 Å². The Bertz CT molecular complexity index is 111. The van der Waals surface area contributed by atoms with Crippen molar-refractivity contribution in [1.82, 2.24) is 5.32 Å². The van der Waals surface area contributed by atoms with E-state index in [0.29, 0.717) is 6.33 Å². The molecule has 0 amide bonds. The molecule has 0 bridgehead atoms. The molecule has 0 aliphatic rings. The minimum absolute atomic E-state index is 0.166. The lowest BCUT2D eigenvalue weighted by Gasteiger charge is -1.87. The van der Waals surface area contributed by atoms with Crippen molar-refractivity contribution in [2.24, 2.45) is 4.99 Å². The summed E-state index contributed by atoms with van der Waals surface area (Å²) in [6, 6.07) is 0. The Balaban J connectivity index is 3.57. The van der Waals surface area contributed by atoms with E-state index in [0.717, 1.165) is 6.20 Å². The number of hydrogen-bond donors (Lipinski definition) is 1. The monoisotopic (exact) mass is 136 g/mol. The van der Waals surface area contributed by atoms with E-state index in [-0.39, 0.29) is 5.29 Å². The predicted molar refractivity (Wildman–Crippen MR) is 32.6 cm³/mol. The van der Waals surface area contributed by atoms with E-state index in [1.807, 2.05) is 0 Å². The van der Waals surface area contributed by atoms with Gasteiger partial charge < -0.3 is 5.32 Å². The van der Waals surface area contributed by atoms with Gasteiger partial charge >= 0.3 is 0 Å². The average molecular weight is 137 g/mol. The third-order valence-corrected chi connectivity index (χ3v) is 0.737. The standard InChI is InChI=1S/C4H6ClFN2/c1-7-4(5)8-3-2-6/h2-3H,1H3,(H,7,8)/b3-2-. The fourth-order valence-electron chi connectivity index (χ4n) is 0.158. The molecule has 0 saturated heterocycles. The summed E-state index contributed by atoms with van der Waals surface area (Å²) in [5.74, 6) is 0. The summed E-state index contributed by atoms with van der Waals surface area (Å²) in [6.07, 6.45) is 1.26. The summed E-state index contributed by atoms with van der Waals surface area (Å²) >= 11 is 5.26.